The van der Waals surface area contributed by atoms with E-state index in [4.69, 9.17) is 0 Å². The number of anilines is 1. The minimum atomic E-state index is 0.0419. The summed E-state index contributed by atoms with van der Waals surface area (Å²) in [4.78, 5) is 19.2. The van der Waals surface area contributed by atoms with Crippen molar-refractivity contribution < 1.29 is 4.79 Å². The van der Waals surface area contributed by atoms with Gasteiger partial charge in [0.25, 0.3) is 0 Å². The zero-order valence-corrected chi connectivity index (χ0v) is 14.0. The zero-order valence-electron chi connectivity index (χ0n) is 14.0. The van der Waals surface area contributed by atoms with Gasteiger partial charge in [-0.25, -0.2) is 4.79 Å². The Morgan fingerprint density at radius 1 is 1.21 bits per heavy atom. The topological polar surface area (TPSA) is 45.2 Å². The summed E-state index contributed by atoms with van der Waals surface area (Å²) in [6.45, 7) is 2.95. The van der Waals surface area contributed by atoms with Crippen LogP contribution < -0.4 is 5.32 Å². The van der Waals surface area contributed by atoms with Crippen molar-refractivity contribution in [2.75, 3.05) is 11.9 Å². The number of aromatic nitrogens is 1. The number of aryl methyl sites for hydroxylation is 1. The van der Waals surface area contributed by atoms with Crippen LogP contribution >= 0.6 is 0 Å². The maximum absolute atomic E-state index is 12.7. The van der Waals surface area contributed by atoms with Gasteiger partial charge in [0, 0.05) is 30.0 Å². The van der Waals surface area contributed by atoms with E-state index in [9.17, 15) is 4.79 Å². The summed E-state index contributed by atoms with van der Waals surface area (Å²) in [6, 6.07) is 12.4. The lowest BCUT2D eigenvalue weighted by atomic mass is 10.0. The van der Waals surface area contributed by atoms with Crippen LogP contribution in [-0.2, 0) is 0 Å². The normalized spacial score (nSPS) is 20.2. The van der Waals surface area contributed by atoms with Crippen LogP contribution in [0.4, 0.5) is 10.5 Å². The van der Waals surface area contributed by atoms with Gasteiger partial charge in [-0.2, -0.15) is 0 Å². The van der Waals surface area contributed by atoms with Crippen molar-refractivity contribution in [3.05, 3.63) is 48.2 Å². The fourth-order valence-electron chi connectivity index (χ4n) is 3.71. The fourth-order valence-corrected chi connectivity index (χ4v) is 3.71. The Labute approximate surface area is 142 Å². The quantitative estimate of drug-likeness (QED) is 0.907. The molecular weight excluding hydrogens is 298 g/mol. The first-order valence-electron chi connectivity index (χ1n) is 8.82. The van der Waals surface area contributed by atoms with Gasteiger partial charge in [0.15, 0.2) is 0 Å². The Hall–Kier alpha value is -2.36. The van der Waals surface area contributed by atoms with Crippen molar-refractivity contribution in [1.29, 1.82) is 0 Å². The van der Waals surface area contributed by atoms with E-state index in [0.717, 1.165) is 47.8 Å². The maximum atomic E-state index is 12.7. The summed E-state index contributed by atoms with van der Waals surface area (Å²) >= 11 is 0. The first kappa shape index (κ1) is 15.2. The lowest BCUT2D eigenvalue weighted by Crippen LogP contribution is -2.39. The number of rotatable bonds is 3. The molecule has 1 aliphatic carbocycles. The summed E-state index contributed by atoms with van der Waals surface area (Å²) in [5.74, 6) is 0.736. The van der Waals surface area contributed by atoms with E-state index in [1.54, 1.807) is 6.20 Å². The molecule has 4 nitrogen and oxygen atoms in total. The number of carbonyl (C=O) groups excluding carboxylic acids is 1. The van der Waals surface area contributed by atoms with Crippen LogP contribution in [0.2, 0.25) is 0 Å². The molecular formula is C20H23N3O. The van der Waals surface area contributed by atoms with Gasteiger partial charge in [0.2, 0.25) is 0 Å². The molecule has 2 aromatic rings. The monoisotopic (exact) mass is 321 g/mol. The second-order valence-electron chi connectivity index (χ2n) is 6.92. The summed E-state index contributed by atoms with van der Waals surface area (Å²) in [6.07, 6.45) is 6.64. The van der Waals surface area contributed by atoms with Gasteiger partial charge in [0.05, 0.1) is 5.69 Å². The predicted molar refractivity (Wildman–Crippen MR) is 95.9 cm³/mol. The first-order chi connectivity index (χ1) is 11.7. The average Bonchev–Trinajstić information content (AvgIpc) is 3.33. The van der Waals surface area contributed by atoms with Gasteiger partial charge < -0.3 is 10.2 Å². The molecule has 0 spiro atoms. The number of nitrogens with zero attached hydrogens (tertiary/aromatic N) is 2. The lowest BCUT2D eigenvalue weighted by Gasteiger charge is -2.25. The second-order valence-corrected chi connectivity index (χ2v) is 6.92. The van der Waals surface area contributed by atoms with E-state index in [1.807, 2.05) is 41.3 Å². The average molecular weight is 321 g/mol. The largest absolute Gasteiger partial charge is 0.322 e. The lowest BCUT2D eigenvalue weighted by molar-refractivity contribution is 0.200. The molecule has 1 aliphatic heterocycles. The molecule has 1 saturated heterocycles. The molecule has 2 fully saturated rings. The number of pyridine rings is 1. The highest BCUT2D eigenvalue weighted by molar-refractivity contribution is 5.90. The number of hydrogen-bond donors (Lipinski definition) is 1. The highest BCUT2D eigenvalue weighted by Gasteiger charge is 2.40. The van der Waals surface area contributed by atoms with Crippen LogP contribution in [0.15, 0.2) is 42.6 Å². The minimum Gasteiger partial charge on any atom is -0.321 e. The van der Waals surface area contributed by atoms with Crippen LogP contribution in [0, 0.1) is 12.8 Å². The van der Waals surface area contributed by atoms with E-state index >= 15 is 0 Å². The van der Waals surface area contributed by atoms with Crippen LogP contribution in [0.5, 0.6) is 0 Å². The molecule has 0 bridgehead atoms. The Kier molecular flexibility index (Phi) is 3.97. The van der Waals surface area contributed by atoms with Crippen molar-refractivity contribution in [3.63, 3.8) is 0 Å². The van der Waals surface area contributed by atoms with Crippen molar-refractivity contribution >= 4 is 11.7 Å². The molecule has 4 heteroatoms. The van der Waals surface area contributed by atoms with Crippen molar-refractivity contribution in [2.24, 2.45) is 5.92 Å². The second kappa shape index (κ2) is 6.27. The molecule has 4 rings (SSSR count). The molecule has 0 unspecified atom stereocenters. The molecule has 1 N–H and O–H groups in total. The standard InChI is InChI=1S/C20H23N3O/c1-14-7-10-16(13-17(14)18-5-2-3-11-21-18)22-20(24)23-12-4-6-19(23)15-8-9-15/h2-3,5,7,10-11,13,15,19H,4,6,8-9,12H2,1H3,(H,22,24)/t19-/m1/s1. The first-order valence-corrected chi connectivity index (χ1v) is 8.82. The van der Waals surface area contributed by atoms with E-state index in [2.05, 4.69) is 17.2 Å². The molecule has 1 atom stereocenters. The third kappa shape index (κ3) is 3.01. The maximum Gasteiger partial charge on any atom is 0.322 e. The van der Waals surface area contributed by atoms with Crippen LogP contribution in [-0.4, -0.2) is 28.5 Å². The van der Waals surface area contributed by atoms with Gasteiger partial charge in [-0.1, -0.05) is 12.1 Å². The molecule has 1 aromatic heterocycles. The summed E-state index contributed by atoms with van der Waals surface area (Å²) < 4.78 is 0. The van der Waals surface area contributed by atoms with Crippen molar-refractivity contribution in [2.45, 2.75) is 38.6 Å². The number of hydrogen-bond acceptors (Lipinski definition) is 2. The predicted octanol–water partition coefficient (Wildman–Crippen LogP) is 4.46. The SMILES string of the molecule is Cc1ccc(NC(=O)N2CCC[C@@H]2C2CC2)cc1-c1ccccn1. The Morgan fingerprint density at radius 2 is 2.08 bits per heavy atom. The third-order valence-corrected chi connectivity index (χ3v) is 5.16. The Morgan fingerprint density at radius 3 is 2.83 bits per heavy atom. The highest BCUT2D eigenvalue weighted by Crippen LogP contribution is 2.40. The molecule has 2 amide bonds. The number of amides is 2. The zero-order chi connectivity index (χ0) is 16.5. The Bertz CT molecular complexity index is 740. The van der Waals surface area contributed by atoms with E-state index in [1.165, 1.54) is 12.8 Å². The van der Waals surface area contributed by atoms with Crippen molar-refractivity contribution in [1.82, 2.24) is 9.88 Å². The van der Waals surface area contributed by atoms with Crippen LogP contribution in [0.3, 0.4) is 0 Å². The number of nitrogens with one attached hydrogen (secondary N) is 1. The number of carbonyl (C=O) groups is 1. The molecule has 24 heavy (non-hydrogen) atoms. The Balaban J connectivity index is 1.53. The van der Waals surface area contributed by atoms with Crippen molar-refractivity contribution in [3.8, 4) is 11.3 Å². The summed E-state index contributed by atoms with van der Waals surface area (Å²) in [5, 5.41) is 3.09. The smallest absolute Gasteiger partial charge is 0.321 e. The highest BCUT2D eigenvalue weighted by atomic mass is 16.2. The molecule has 2 aliphatic rings. The molecule has 124 valence electrons. The number of urea groups is 1. The van der Waals surface area contributed by atoms with Crippen LogP contribution in [0.25, 0.3) is 11.3 Å². The van der Waals surface area contributed by atoms with E-state index in [0.29, 0.717) is 6.04 Å². The number of benzene rings is 1. The molecule has 1 aromatic carbocycles. The van der Waals surface area contributed by atoms with Crippen LogP contribution in [0.1, 0.15) is 31.2 Å². The van der Waals surface area contributed by atoms with E-state index < -0.39 is 0 Å². The van der Waals surface area contributed by atoms with Gasteiger partial charge in [-0.15, -0.1) is 0 Å². The summed E-state index contributed by atoms with van der Waals surface area (Å²) in [5.41, 5.74) is 3.99. The third-order valence-electron chi connectivity index (χ3n) is 5.16. The molecule has 2 heterocycles. The van der Waals surface area contributed by atoms with Gasteiger partial charge in [-0.3, -0.25) is 4.98 Å². The van der Waals surface area contributed by atoms with E-state index in [-0.39, 0.29) is 6.03 Å². The summed E-state index contributed by atoms with van der Waals surface area (Å²) in [7, 11) is 0. The fraction of sp³-hybridized carbons (Fsp3) is 0.400. The molecule has 1 saturated carbocycles. The number of likely N-dealkylation sites (tertiary alicyclic amines) is 1. The van der Waals surface area contributed by atoms with Gasteiger partial charge in [0.1, 0.15) is 0 Å². The van der Waals surface area contributed by atoms with Gasteiger partial charge in [-0.05, 0) is 68.4 Å². The molecule has 0 radical (unpaired) electrons. The minimum absolute atomic E-state index is 0.0419. The van der Waals surface area contributed by atoms with Gasteiger partial charge >= 0.3 is 6.03 Å².